The van der Waals surface area contributed by atoms with Crippen molar-refractivity contribution in [3.8, 4) is 5.75 Å². The summed E-state index contributed by atoms with van der Waals surface area (Å²) in [6.07, 6.45) is 1.94. The highest BCUT2D eigenvalue weighted by molar-refractivity contribution is 5.27. The van der Waals surface area contributed by atoms with Crippen molar-refractivity contribution >= 4 is 0 Å². The number of benzene rings is 1. The Hall–Kier alpha value is -1.06. The molecule has 0 spiro atoms. The van der Waals surface area contributed by atoms with Gasteiger partial charge in [-0.3, -0.25) is 0 Å². The molecular formula is C15H25NO2. The molecule has 0 saturated carbocycles. The minimum atomic E-state index is -0.253. The largest absolute Gasteiger partial charge is 0.494 e. The minimum absolute atomic E-state index is 0.253. The van der Waals surface area contributed by atoms with Gasteiger partial charge in [0, 0.05) is 18.6 Å². The van der Waals surface area contributed by atoms with Gasteiger partial charge in [-0.25, -0.2) is 0 Å². The Morgan fingerprint density at radius 3 is 2.33 bits per heavy atom. The van der Waals surface area contributed by atoms with Crippen LogP contribution < -0.4 is 10.5 Å². The Labute approximate surface area is 110 Å². The summed E-state index contributed by atoms with van der Waals surface area (Å²) in [6.45, 7) is 8.01. The first-order valence-corrected chi connectivity index (χ1v) is 6.59. The zero-order valence-electron chi connectivity index (χ0n) is 11.7. The number of aryl methyl sites for hydroxylation is 1. The van der Waals surface area contributed by atoms with Crippen LogP contribution in [0.15, 0.2) is 24.3 Å². The fraction of sp³-hybridized carbons (Fsp3) is 0.600. The van der Waals surface area contributed by atoms with E-state index >= 15 is 0 Å². The van der Waals surface area contributed by atoms with Gasteiger partial charge in [-0.05, 0) is 38.0 Å². The van der Waals surface area contributed by atoms with Gasteiger partial charge in [-0.1, -0.05) is 19.1 Å². The van der Waals surface area contributed by atoms with Crippen LogP contribution >= 0.6 is 0 Å². The van der Waals surface area contributed by atoms with Gasteiger partial charge in [-0.2, -0.15) is 0 Å². The SMILES string of the molecule is CCc1ccc(OCCCOCC(C)(C)N)cc1. The lowest BCUT2D eigenvalue weighted by molar-refractivity contribution is 0.0870. The van der Waals surface area contributed by atoms with Crippen molar-refractivity contribution in [3.05, 3.63) is 29.8 Å². The molecule has 0 fully saturated rings. The maximum absolute atomic E-state index is 5.81. The lowest BCUT2D eigenvalue weighted by Gasteiger charge is -2.18. The summed E-state index contributed by atoms with van der Waals surface area (Å²) in [5.41, 5.74) is 6.89. The van der Waals surface area contributed by atoms with E-state index in [9.17, 15) is 0 Å². The smallest absolute Gasteiger partial charge is 0.119 e. The standard InChI is InChI=1S/C15H25NO2/c1-4-13-6-8-14(9-7-13)18-11-5-10-17-12-15(2,3)16/h6-9H,4-5,10-12,16H2,1-3H3. The van der Waals surface area contributed by atoms with E-state index in [1.807, 2.05) is 26.0 Å². The predicted octanol–water partition coefficient (Wildman–Crippen LogP) is 2.77. The number of nitrogens with two attached hydrogens (primary N) is 1. The molecule has 0 unspecified atom stereocenters. The Bertz CT molecular complexity index is 327. The van der Waals surface area contributed by atoms with E-state index < -0.39 is 0 Å². The Balaban J connectivity index is 2.10. The number of hydrogen-bond donors (Lipinski definition) is 1. The van der Waals surface area contributed by atoms with Crippen LogP contribution in [0.5, 0.6) is 5.75 Å². The first-order chi connectivity index (χ1) is 8.51. The first-order valence-electron chi connectivity index (χ1n) is 6.59. The van der Waals surface area contributed by atoms with Crippen molar-refractivity contribution in [1.29, 1.82) is 0 Å². The van der Waals surface area contributed by atoms with Crippen LogP contribution in [-0.2, 0) is 11.2 Å². The summed E-state index contributed by atoms with van der Waals surface area (Å²) in [7, 11) is 0. The summed E-state index contributed by atoms with van der Waals surface area (Å²) in [5, 5.41) is 0. The molecule has 2 N–H and O–H groups in total. The average Bonchev–Trinajstić information content (AvgIpc) is 2.33. The maximum Gasteiger partial charge on any atom is 0.119 e. The molecule has 1 rings (SSSR count). The van der Waals surface area contributed by atoms with Gasteiger partial charge in [0.05, 0.1) is 13.2 Å². The fourth-order valence-corrected chi connectivity index (χ4v) is 1.51. The molecule has 0 aliphatic carbocycles. The van der Waals surface area contributed by atoms with Crippen LogP contribution in [0.3, 0.4) is 0 Å². The number of rotatable bonds is 8. The molecular weight excluding hydrogens is 226 g/mol. The van der Waals surface area contributed by atoms with Crippen molar-refractivity contribution in [2.24, 2.45) is 5.73 Å². The fourth-order valence-electron chi connectivity index (χ4n) is 1.51. The molecule has 0 aliphatic rings. The Morgan fingerprint density at radius 1 is 1.11 bits per heavy atom. The van der Waals surface area contributed by atoms with Gasteiger partial charge in [0.2, 0.25) is 0 Å². The first kappa shape index (κ1) is 15.0. The van der Waals surface area contributed by atoms with E-state index in [0.717, 1.165) is 18.6 Å². The molecule has 0 radical (unpaired) electrons. The summed E-state index contributed by atoms with van der Waals surface area (Å²) in [5.74, 6) is 0.923. The van der Waals surface area contributed by atoms with E-state index in [2.05, 4.69) is 19.1 Å². The molecule has 0 aromatic heterocycles. The molecule has 3 nitrogen and oxygen atoms in total. The van der Waals surface area contributed by atoms with Crippen LogP contribution in [0.1, 0.15) is 32.8 Å². The molecule has 1 aromatic rings. The predicted molar refractivity (Wildman–Crippen MR) is 75.0 cm³/mol. The highest BCUT2D eigenvalue weighted by Gasteiger charge is 2.09. The van der Waals surface area contributed by atoms with Crippen molar-refractivity contribution in [3.63, 3.8) is 0 Å². The summed E-state index contributed by atoms with van der Waals surface area (Å²) in [6, 6.07) is 8.23. The number of ether oxygens (including phenoxy) is 2. The van der Waals surface area contributed by atoms with Crippen LogP contribution in [0, 0.1) is 0 Å². The molecule has 18 heavy (non-hydrogen) atoms. The minimum Gasteiger partial charge on any atom is -0.494 e. The summed E-state index contributed by atoms with van der Waals surface area (Å²) < 4.78 is 11.1. The zero-order chi connectivity index (χ0) is 13.4. The number of hydrogen-bond acceptors (Lipinski definition) is 3. The molecule has 0 atom stereocenters. The van der Waals surface area contributed by atoms with Gasteiger partial charge in [0.25, 0.3) is 0 Å². The Morgan fingerprint density at radius 2 is 1.78 bits per heavy atom. The second-order valence-corrected chi connectivity index (χ2v) is 5.24. The normalized spacial score (nSPS) is 11.6. The van der Waals surface area contributed by atoms with Crippen LogP contribution in [0.4, 0.5) is 0 Å². The van der Waals surface area contributed by atoms with Gasteiger partial charge in [-0.15, -0.1) is 0 Å². The van der Waals surface area contributed by atoms with Crippen LogP contribution in [0.2, 0.25) is 0 Å². The molecule has 0 saturated heterocycles. The second kappa shape index (κ2) is 7.39. The molecule has 3 heteroatoms. The monoisotopic (exact) mass is 251 g/mol. The van der Waals surface area contributed by atoms with Crippen LogP contribution in [0.25, 0.3) is 0 Å². The van der Waals surface area contributed by atoms with Crippen molar-refractivity contribution < 1.29 is 9.47 Å². The third kappa shape index (κ3) is 6.62. The maximum atomic E-state index is 5.81. The Kier molecular flexibility index (Phi) is 6.16. The van der Waals surface area contributed by atoms with Gasteiger partial charge < -0.3 is 15.2 Å². The van der Waals surface area contributed by atoms with E-state index in [1.54, 1.807) is 0 Å². The third-order valence-electron chi connectivity index (χ3n) is 2.51. The quantitative estimate of drug-likeness (QED) is 0.723. The van der Waals surface area contributed by atoms with E-state index in [1.165, 1.54) is 5.56 Å². The summed E-state index contributed by atoms with van der Waals surface area (Å²) in [4.78, 5) is 0. The van der Waals surface area contributed by atoms with E-state index in [4.69, 9.17) is 15.2 Å². The lowest BCUT2D eigenvalue weighted by atomic mass is 10.1. The van der Waals surface area contributed by atoms with Gasteiger partial charge in [0.1, 0.15) is 5.75 Å². The van der Waals surface area contributed by atoms with E-state index in [0.29, 0.717) is 19.8 Å². The van der Waals surface area contributed by atoms with Crippen molar-refractivity contribution in [2.75, 3.05) is 19.8 Å². The highest BCUT2D eigenvalue weighted by Crippen LogP contribution is 2.12. The average molecular weight is 251 g/mol. The molecule has 0 amide bonds. The lowest BCUT2D eigenvalue weighted by Crippen LogP contribution is -2.37. The molecule has 0 aliphatic heterocycles. The summed E-state index contributed by atoms with van der Waals surface area (Å²) >= 11 is 0. The molecule has 0 heterocycles. The molecule has 102 valence electrons. The molecule has 0 bridgehead atoms. The van der Waals surface area contributed by atoms with Crippen molar-refractivity contribution in [1.82, 2.24) is 0 Å². The second-order valence-electron chi connectivity index (χ2n) is 5.24. The topological polar surface area (TPSA) is 44.5 Å². The molecule has 1 aromatic carbocycles. The van der Waals surface area contributed by atoms with E-state index in [-0.39, 0.29) is 5.54 Å². The van der Waals surface area contributed by atoms with Crippen LogP contribution in [-0.4, -0.2) is 25.4 Å². The van der Waals surface area contributed by atoms with Crippen molar-refractivity contribution in [2.45, 2.75) is 39.2 Å². The van der Waals surface area contributed by atoms with Gasteiger partial charge in [0.15, 0.2) is 0 Å². The van der Waals surface area contributed by atoms with Gasteiger partial charge >= 0.3 is 0 Å². The highest BCUT2D eigenvalue weighted by atomic mass is 16.5. The third-order valence-corrected chi connectivity index (χ3v) is 2.51. The zero-order valence-corrected chi connectivity index (χ0v) is 11.7.